The third-order valence-electron chi connectivity index (χ3n) is 8.18. The quantitative estimate of drug-likeness (QED) is 0.349. The maximum Gasteiger partial charge on any atom is 0.261 e. The molecule has 11 heteroatoms. The minimum Gasteiger partial charge on any atom is -0.490 e. The van der Waals surface area contributed by atoms with Gasteiger partial charge in [-0.1, -0.05) is 43.3 Å². The first kappa shape index (κ1) is 34.9. The Morgan fingerprint density at radius 2 is 1.72 bits per heavy atom. The molecule has 1 heterocycles. The molecule has 0 saturated carbocycles. The van der Waals surface area contributed by atoms with Crippen LogP contribution in [0.25, 0.3) is 0 Å². The van der Waals surface area contributed by atoms with Gasteiger partial charge >= 0.3 is 0 Å². The Morgan fingerprint density at radius 3 is 2.39 bits per heavy atom. The van der Waals surface area contributed by atoms with E-state index in [-0.39, 0.29) is 53.3 Å². The molecule has 248 valence electrons. The molecule has 1 aliphatic rings. The summed E-state index contributed by atoms with van der Waals surface area (Å²) < 4.78 is 41.4. The molecule has 0 bridgehead atoms. The topological polar surface area (TPSA) is 125 Å². The number of hydrogen-bond acceptors (Lipinski definition) is 7. The highest BCUT2D eigenvalue weighted by Crippen LogP contribution is 2.29. The van der Waals surface area contributed by atoms with Gasteiger partial charge in [-0.3, -0.25) is 14.3 Å². The van der Waals surface area contributed by atoms with E-state index in [9.17, 15) is 23.1 Å². The van der Waals surface area contributed by atoms with Gasteiger partial charge in [0.1, 0.15) is 5.75 Å². The summed E-state index contributed by atoms with van der Waals surface area (Å²) in [4.78, 5) is 30.8. The average molecular weight is 652 g/mol. The molecule has 2 amide bonds. The lowest BCUT2D eigenvalue weighted by molar-refractivity contribution is -0.0149. The summed E-state index contributed by atoms with van der Waals surface area (Å²) in [5.41, 5.74) is 0.965. The van der Waals surface area contributed by atoms with Gasteiger partial charge in [0.05, 0.1) is 35.3 Å². The highest BCUT2D eigenvalue weighted by Gasteiger charge is 2.31. The Bertz CT molecular complexity index is 1550. The number of hydrogen-bond donors (Lipinski definition) is 2. The summed E-state index contributed by atoms with van der Waals surface area (Å²) in [5, 5.41) is 10.2. The molecule has 0 spiro atoms. The first-order valence-electron chi connectivity index (χ1n) is 15.7. The summed E-state index contributed by atoms with van der Waals surface area (Å²) in [6.45, 7) is 6.37. The SMILES string of the molecule is C[C@@H]1CN([C@H](C)CO)C(=O)c2cc(NS(=O)(=O)c3ccccc3)ccc2O[C@@H](C)CCCCO[C@@H]1CN(C)C(=O)c1ccccc1. The molecule has 0 saturated heterocycles. The van der Waals surface area contributed by atoms with Crippen LogP contribution in [0, 0.1) is 5.92 Å². The Hall–Kier alpha value is -3.93. The van der Waals surface area contributed by atoms with E-state index in [1.165, 1.54) is 18.2 Å². The molecule has 4 rings (SSSR count). The normalized spacial score (nSPS) is 20.5. The van der Waals surface area contributed by atoms with Crippen molar-refractivity contribution >= 4 is 27.5 Å². The lowest BCUT2D eigenvalue weighted by Gasteiger charge is -2.36. The van der Waals surface area contributed by atoms with Gasteiger partial charge in [-0.05, 0) is 75.6 Å². The van der Waals surface area contributed by atoms with Crippen LogP contribution in [-0.2, 0) is 14.8 Å². The zero-order chi connectivity index (χ0) is 33.3. The third-order valence-corrected chi connectivity index (χ3v) is 9.58. The van der Waals surface area contributed by atoms with Crippen molar-refractivity contribution in [1.29, 1.82) is 0 Å². The van der Waals surface area contributed by atoms with Gasteiger partial charge in [-0.2, -0.15) is 0 Å². The number of likely N-dealkylation sites (N-methyl/N-ethyl adjacent to an activating group) is 1. The first-order valence-corrected chi connectivity index (χ1v) is 17.2. The van der Waals surface area contributed by atoms with Gasteiger partial charge in [0.15, 0.2) is 0 Å². The minimum absolute atomic E-state index is 0.0948. The molecule has 0 aliphatic carbocycles. The van der Waals surface area contributed by atoms with Crippen LogP contribution < -0.4 is 9.46 Å². The van der Waals surface area contributed by atoms with E-state index >= 15 is 0 Å². The van der Waals surface area contributed by atoms with Crippen LogP contribution in [-0.4, -0.2) is 86.7 Å². The first-order chi connectivity index (χ1) is 22.0. The average Bonchev–Trinajstić information content (AvgIpc) is 3.06. The summed E-state index contributed by atoms with van der Waals surface area (Å²) >= 11 is 0. The zero-order valence-electron chi connectivity index (χ0n) is 27.0. The lowest BCUT2D eigenvalue weighted by Crippen LogP contribution is -2.48. The van der Waals surface area contributed by atoms with Crippen LogP contribution in [0.15, 0.2) is 83.8 Å². The van der Waals surface area contributed by atoms with E-state index in [0.717, 1.165) is 12.8 Å². The van der Waals surface area contributed by atoms with Crippen LogP contribution >= 0.6 is 0 Å². The Balaban J connectivity index is 1.66. The molecule has 0 unspecified atom stereocenters. The molecule has 0 fully saturated rings. The number of aliphatic hydroxyl groups is 1. The summed E-state index contributed by atoms with van der Waals surface area (Å²) in [6.07, 6.45) is 1.71. The molecular weight excluding hydrogens is 606 g/mol. The number of rotatable bonds is 8. The predicted molar refractivity (Wildman–Crippen MR) is 178 cm³/mol. The van der Waals surface area contributed by atoms with Crippen molar-refractivity contribution in [2.75, 3.05) is 38.1 Å². The van der Waals surface area contributed by atoms with Crippen molar-refractivity contribution in [3.63, 3.8) is 0 Å². The Morgan fingerprint density at radius 1 is 1.04 bits per heavy atom. The smallest absolute Gasteiger partial charge is 0.261 e. The number of fused-ring (bicyclic) bond motifs is 1. The second-order valence-electron chi connectivity index (χ2n) is 12.0. The molecule has 1 aliphatic heterocycles. The second kappa shape index (κ2) is 16.1. The van der Waals surface area contributed by atoms with Crippen molar-refractivity contribution < 1.29 is 32.6 Å². The number of nitrogens with one attached hydrogen (secondary N) is 1. The van der Waals surface area contributed by atoms with Crippen LogP contribution in [0.3, 0.4) is 0 Å². The Labute approximate surface area is 272 Å². The van der Waals surface area contributed by atoms with Crippen molar-refractivity contribution in [1.82, 2.24) is 9.80 Å². The van der Waals surface area contributed by atoms with E-state index in [1.807, 2.05) is 32.0 Å². The molecule has 2 N–H and O–H groups in total. The van der Waals surface area contributed by atoms with Gasteiger partial charge in [0.2, 0.25) is 0 Å². The number of aliphatic hydroxyl groups excluding tert-OH is 1. The van der Waals surface area contributed by atoms with E-state index in [0.29, 0.717) is 30.9 Å². The van der Waals surface area contributed by atoms with Crippen molar-refractivity contribution in [2.24, 2.45) is 5.92 Å². The highest BCUT2D eigenvalue weighted by molar-refractivity contribution is 7.92. The molecule has 0 aromatic heterocycles. The Kier molecular flexibility index (Phi) is 12.2. The molecule has 46 heavy (non-hydrogen) atoms. The number of sulfonamides is 1. The predicted octanol–water partition coefficient (Wildman–Crippen LogP) is 5.06. The van der Waals surface area contributed by atoms with Crippen LogP contribution in [0.4, 0.5) is 5.69 Å². The number of carbonyl (C=O) groups excluding carboxylic acids is 2. The number of amides is 2. The van der Waals surface area contributed by atoms with E-state index in [1.54, 1.807) is 66.2 Å². The number of nitrogens with zero attached hydrogens (tertiary/aromatic N) is 2. The van der Waals surface area contributed by atoms with Crippen molar-refractivity contribution in [3.05, 3.63) is 90.0 Å². The fourth-order valence-electron chi connectivity index (χ4n) is 5.42. The molecule has 3 aromatic carbocycles. The number of anilines is 1. The largest absolute Gasteiger partial charge is 0.490 e. The minimum atomic E-state index is -3.91. The van der Waals surface area contributed by atoms with Gasteiger partial charge in [-0.15, -0.1) is 0 Å². The molecule has 3 aromatic rings. The highest BCUT2D eigenvalue weighted by atomic mass is 32.2. The fraction of sp³-hybridized carbons (Fsp3) is 0.429. The second-order valence-corrected chi connectivity index (χ2v) is 13.7. The van der Waals surface area contributed by atoms with E-state index < -0.39 is 22.0 Å². The summed E-state index contributed by atoms with van der Waals surface area (Å²) in [5.74, 6) is -0.435. The van der Waals surface area contributed by atoms with E-state index in [2.05, 4.69) is 4.72 Å². The summed E-state index contributed by atoms with van der Waals surface area (Å²) in [6, 6.07) is 21.1. The number of ether oxygens (including phenoxy) is 2. The van der Waals surface area contributed by atoms with Crippen LogP contribution in [0.5, 0.6) is 5.75 Å². The van der Waals surface area contributed by atoms with Gasteiger partial charge in [0, 0.05) is 43.9 Å². The van der Waals surface area contributed by atoms with Gasteiger partial charge in [-0.25, -0.2) is 8.42 Å². The van der Waals surface area contributed by atoms with Crippen LogP contribution in [0.1, 0.15) is 60.7 Å². The molecule has 0 radical (unpaired) electrons. The van der Waals surface area contributed by atoms with Gasteiger partial charge < -0.3 is 24.4 Å². The lowest BCUT2D eigenvalue weighted by atomic mass is 10.0. The fourth-order valence-corrected chi connectivity index (χ4v) is 6.49. The number of benzene rings is 3. The monoisotopic (exact) mass is 651 g/mol. The van der Waals surface area contributed by atoms with Crippen LogP contribution in [0.2, 0.25) is 0 Å². The van der Waals surface area contributed by atoms with E-state index in [4.69, 9.17) is 9.47 Å². The van der Waals surface area contributed by atoms with Gasteiger partial charge in [0.25, 0.3) is 21.8 Å². The maximum absolute atomic E-state index is 14.3. The third kappa shape index (κ3) is 9.08. The maximum atomic E-state index is 14.3. The molecule has 10 nitrogen and oxygen atoms in total. The molecule has 4 atom stereocenters. The summed E-state index contributed by atoms with van der Waals surface area (Å²) in [7, 11) is -2.17. The van der Waals surface area contributed by atoms with Crippen molar-refractivity contribution in [3.8, 4) is 5.75 Å². The molecular formula is C35H45N3O7S. The van der Waals surface area contributed by atoms with Crippen molar-refractivity contribution in [2.45, 2.75) is 63.2 Å². The standard InChI is InChI=1S/C35H45N3O7S/c1-25-22-38(26(2)24-39)35(41)31-21-29(36-46(42,43)30-16-9-6-10-17-30)18-19-32(31)45-27(3)13-11-12-20-44-33(25)23-37(4)34(40)28-14-7-5-8-15-28/h5-10,14-19,21,25-27,33,36,39H,11-13,20,22-24H2,1-4H3/t25-,26-,27+,33-/m1/s1. The number of carbonyl (C=O) groups is 2. The zero-order valence-corrected chi connectivity index (χ0v) is 27.8.